The van der Waals surface area contributed by atoms with Crippen LogP contribution in [-0.2, 0) is 4.74 Å². The quantitative estimate of drug-likeness (QED) is 0.899. The number of nitrogens with zero attached hydrogens (tertiary/aromatic N) is 1. The standard InChI is InChI=1S/C19H25FN2O3/c1-4-24-19(3)7-9-22(10-8-19)18(23)21-13(2)17-12-14-11-15(20)5-6-16(14)25-17/h5-6,11-13H,4,7-10H2,1-3H3,(H,21,23). The zero-order chi connectivity index (χ0) is 18.0. The van der Waals surface area contributed by atoms with Gasteiger partial charge in [-0.1, -0.05) is 0 Å². The average molecular weight is 348 g/mol. The highest BCUT2D eigenvalue weighted by Gasteiger charge is 2.32. The largest absolute Gasteiger partial charge is 0.459 e. The molecular formula is C19H25FN2O3. The van der Waals surface area contributed by atoms with Gasteiger partial charge in [-0.3, -0.25) is 0 Å². The zero-order valence-electron chi connectivity index (χ0n) is 15.0. The molecule has 2 amide bonds. The lowest BCUT2D eigenvalue weighted by Crippen LogP contribution is -2.50. The van der Waals surface area contributed by atoms with Crippen LogP contribution in [0.4, 0.5) is 9.18 Å². The molecule has 0 saturated carbocycles. The van der Waals surface area contributed by atoms with Crippen LogP contribution in [-0.4, -0.2) is 36.2 Å². The molecule has 1 atom stereocenters. The lowest BCUT2D eigenvalue weighted by Gasteiger charge is -2.39. The van der Waals surface area contributed by atoms with E-state index in [9.17, 15) is 9.18 Å². The molecule has 1 unspecified atom stereocenters. The van der Waals surface area contributed by atoms with Gasteiger partial charge in [-0.25, -0.2) is 9.18 Å². The minimum absolute atomic E-state index is 0.113. The van der Waals surface area contributed by atoms with Gasteiger partial charge in [0.15, 0.2) is 0 Å². The molecule has 1 fully saturated rings. The Morgan fingerprint density at radius 3 is 2.80 bits per heavy atom. The number of furan rings is 1. The summed E-state index contributed by atoms with van der Waals surface area (Å²) < 4.78 is 24.8. The van der Waals surface area contributed by atoms with E-state index >= 15 is 0 Å². The van der Waals surface area contributed by atoms with Crippen LogP contribution in [0.25, 0.3) is 11.0 Å². The Bertz CT molecular complexity index is 750. The van der Waals surface area contributed by atoms with E-state index in [1.54, 1.807) is 17.0 Å². The average Bonchev–Trinajstić information content (AvgIpc) is 2.98. The minimum Gasteiger partial charge on any atom is -0.459 e. The maximum absolute atomic E-state index is 13.3. The van der Waals surface area contributed by atoms with E-state index in [1.807, 2.05) is 13.8 Å². The van der Waals surface area contributed by atoms with Crippen LogP contribution >= 0.6 is 0 Å². The molecule has 1 aliphatic heterocycles. The molecule has 6 heteroatoms. The topological polar surface area (TPSA) is 54.7 Å². The Kier molecular flexibility index (Phi) is 4.99. The highest BCUT2D eigenvalue weighted by Crippen LogP contribution is 2.27. The minimum atomic E-state index is -0.304. The summed E-state index contributed by atoms with van der Waals surface area (Å²) in [5.41, 5.74) is 0.475. The zero-order valence-corrected chi connectivity index (χ0v) is 15.0. The number of amides is 2. The Labute approximate surface area is 147 Å². The van der Waals surface area contributed by atoms with Gasteiger partial charge < -0.3 is 19.4 Å². The van der Waals surface area contributed by atoms with Crippen molar-refractivity contribution in [1.82, 2.24) is 10.2 Å². The predicted molar refractivity (Wildman–Crippen MR) is 94.0 cm³/mol. The summed E-state index contributed by atoms with van der Waals surface area (Å²) in [6, 6.07) is 5.76. The fraction of sp³-hybridized carbons (Fsp3) is 0.526. The number of carbonyl (C=O) groups is 1. The van der Waals surface area contributed by atoms with E-state index < -0.39 is 0 Å². The lowest BCUT2D eigenvalue weighted by molar-refractivity contribution is -0.0596. The van der Waals surface area contributed by atoms with Crippen LogP contribution in [0.1, 0.15) is 45.4 Å². The maximum Gasteiger partial charge on any atom is 0.317 e. The molecule has 0 radical (unpaired) electrons. The van der Waals surface area contributed by atoms with Gasteiger partial charge in [0.05, 0.1) is 11.6 Å². The number of urea groups is 1. The van der Waals surface area contributed by atoms with E-state index in [-0.39, 0.29) is 23.5 Å². The third-order valence-corrected chi connectivity index (χ3v) is 4.87. The number of fused-ring (bicyclic) bond motifs is 1. The van der Waals surface area contributed by atoms with Crippen LogP contribution in [0.3, 0.4) is 0 Å². The smallest absolute Gasteiger partial charge is 0.317 e. The van der Waals surface area contributed by atoms with Gasteiger partial charge in [0, 0.05) is 25.1 Å². The summed E-state index contributed by atoms with van der Waals surface area (Å²) in [5.74, 6) is 0.312. The summed E-state index contributed by atoms with van der Waals surface area (Å²) in [7, 11) is 0. The number of carbonyl (C=O) groups excluding carboxylic acids is 1. The van der Waals surface area contributed by atoms with E-state index in [1.165, 1.54) is 12.1 Å². The van der Waals surface area contributed by atoms with Gasteiger partial charge in [-0.05, 0) is 57.9 Å². The molecule has 3 rings (SSSR count). The van der Waals surface area contributed by atoms with E-state index in [0.717, 1.165) is 12.8 Å². The van der Waals surface area contributed by atoms with Gasteiger partial charge in [0.1, 0.15) is 17.2 Å². The SMILES string of the molecule is CCOC1(C)CCN(C(=O)NC(C)c2cc3cc(F)ccc3o2)CC1. The van der Waals surface area contributed by atoms with Gasteiger partial charge in [-0.2, -0.15) is 0 Å². The van der Waals surface area contributed by atoms with Crippen LogP contribution in [0.5, 0.6) is 0 Å². The van der Waals surface area contributed by atoms with Crippen molar-refractivity contribution < 1.29 is 18.3 Å². The third-order valence-electron chi connectivity index (χ3n) is 4.87. The van der Waals surface area contributed by atoms with E-state index in [4.69, 9.17) is 9.15 Å². The Balaban J connectivity index is 1.60. The molecule has 1 saturated heterocycles. The second kappa shape index (κ2) is 7.04. The number of rotatable bonds is 4. The number of hydrogen-bond acceptors (Lipinski definition) is 3. The molecule has 5 nitrogen and oxygen atoms in total. The molecular weight excluding hydrogens is 323 g/mol. The molecule has 1 aromatic carbocycles. The Morgan fingerprint density at radius 2 is 2.12 bits per heavy atom. The second-order valence-electron chi connectivity index (χ2n) is 6.87. The van der Waals surface area contributed by atoms with Crippen molar-refractivity contribution in [3.63, 3.8) is 0 Å². The van der Waals surface area contributed by atoms with Crippen LogP contribution in [0.2, 0.25) is 0 Å². The Hall–Kier alpha value is -2.08. The van der Waals surface area contributed by atoms with E-state index in [2.05, 4.69) is 12.2 Å². The van der Waals surface area contributed by atoms with Gasteiger partial charge in [0.2, 0.25) is 0 Å². The van der Waals surface area contributed by atoms with Gasteiger partial charge in [-0.15, -0.1) is 0 Å². The summed E-state index contributed by atoms with van der Waals surface area (Å²) in [4.78, 5) is 14.3. The first kappa shape index (κ1) is 17.7. The molecule has 1 N–H and O–H groups in total. The van der Waals surface area contributed by atoms with Crippen molar-refractivity contribution in [1.29, 1.82) is 0 Å². The van der Waals surface area contributed by atoms with Crippen LogP contribution < -0.4 is 5.32 Å². The molecule has 0 bridgehead atoms. The summed E-state index contributed by atoms with van der Waals surface area (Å²) in [6.07, 6.45) is 1.65. The number of piperidine rings is 1. The van der Waals surface area contributed by atoms with Crippen molar-refractivity contribution in [2.45, 2.75) is 45.3 Å². The van der Waals surface area contributed by atoms with Crippen molar-refractivity contribution in [3.8, 4) is 0 Å². The van der Waals surface area contributed by atoms with Crippen LogP contribution in [0.15, 0.2) is 28.7 Å². The summed E-state index contributed by atoms with van der Waals surface area (Å²) >= 11 is 0. The number of likely N-dealkylation sites (tertiary alicyclic amines) is 1. The van der Waals surface area contributed by atoms with Crippen molar-refractivity contribution >= 4 is 17.0 Å². The molecule has 2 aromatic rings. The molecule has 136 valence electrons. The first-order chi connectivity index (χ1) is 11.9. The lowest BCUT2D eigenvalue weighted by atomic mass is 9.93. The number of benzene rings is 1. The first-order valence-corrected chi connectivity index (χ1v) is 8.78. The van der Waals surface area contributed by atoms with Gasteiger partial charge >= 0.3 is 6.03 Å². The highest BCUT2D eigenvalue weighted by molar-refractivity contribution is 5.79. The molecule has 0 spiro atoms. The molecule has 2 heterocycles. The fourth-order valence-corrected chi connectivity index (χ4v) is 3.27. The highest BCUT2D eigenvalue weighted by atomic mass is 19.1. The van der Waals surface area contributed by atoms with E-state index in [0.29, 0.717) is 36.4 Å². The predicted octanol–water partition coefficient (Wildman–Crippen LogP) is 4.23. The van der Waals surface area contributed by atoms with Crippen LogP contribution in [0, 0.1) is 5.82 Å². The van der Waals surface area contributed by atoms with Crippen molar-refractivity contribution in [2.24, 2.45) is 0 Å². The second-order valence-corrected chi connectivity index (χ2v) is 6.87. The molecule has 25 heavy (non-hydrogen) atoms. The number of halogens is 1. The summed E-state index contributed by atoms with van der Waals surface area (Å²) in [6.45, 7) is 7.97. The molecule has 1 aromatic heterocycles. The Morgan fingerprint density at radius 1 is 1.40 bits per heavy atom. The third kappa shape index (κ3) is 3.95. The number of ether oxygens (including phenoxy) is 1. The van der Waals surface area contributed by atoms with Crippen molar-refractivity contribution in [2.75, 3.05) is 19.7 Å². The summed E-state index contributed by atoms with van der Waals surface area (Å²) in [5, 5.41) is 3.66. The maximum atomic E-state index is 13.3. The molecule has 0 aliphatic carbocycles. The number of hydrogen-bond donors (Lipinski definition) is 1. The van der Waals surface area contributed by atoms with Gasteiger partial charge in [0.25, 0.3) is 0 Å². The normalized spacial score (nSPS) is 18.3. The molecule has 1 aliphatic rings. The van der Waals surface area contributed by atoms with Crippen molar-refractivity contribution in [3.05, 3.63) is 35.8 Å². The first-order valence-electron chi connectivity index (χ1n) is 8.78. The monoisotopic (exact) mass is 348 g/mol. The fourth-order valence-electron chi connectivity index (χ4n) is 3.27. The number of nitrogens with one attached hydrogen (secondary N) is 1.